The van der Waals surface area contributed by atoms with Crippen molar-refractivity contribution in [2.75, 3.05) is 13.2 Å². The van der Waals surface area contributed by atoms with Crippen LogP contribution in [0.4, 0.5) is 13.2 Å². The van der Waals surface area contributed by atoms with Crippen molar-refractivity contribution in [2.45, 2.75) is 43.8 Å². The minimum atomic E-state index is -4.54. The molecule has 0 fully saturated rings. The highest BCUT2D eigenvalue weighted by molar-refractivity contribution is 9.10. The fourth-order valence-electron chi connectivity index (χ4n) is 5.43. The lowest BCUT2D eigenvalue weighted by molar-refractivity contribution is -0.137. The van der Waals surface area contributed by atoms with E-state index in [9.17, 15) is 18.0 Å². The molecule has 2 atom stereocenters. The number of nitrogens with one attached hydrogen (secondary N) is 1. The monoisotopic (exact) mass is 721 g/mol. The van der Waals surface area contributed by atoms with Gasteiger partial charge in [0.25, 0.3) is 5.91 Å². The lowest BCUT2D eigenvalue weighted by atomic mass is 9.80. The summed E-state index contributed by atoms with van der Waals surface area (Å²) in [6, 6.07) is 26.2. The number of halogens is 4. The minimum Gasteiger partial charge on any atom is -0.494 e. The van der Waals surface area contributed by atoms with E-state index in [2.05, 4.69) is 31.3 Å². The molecule has 1 amide bonds. The van der Waals surface area contributed by atoms with E-state index in [4.69, 9.17) is 25.1 Å². The number of rotatable bonds is 13. The summed E-state index contributed by atoms with van der Waals surface area (Å²) in [4.78, 5) is 22.4. The third-order valence-electron chi connectivity index (χ3n) is 7.80. The molecule has 48 heavy (non-hydrogen) atoms. The minimum absolute atomic E-state index is 0.000704. The summed E-state index contributed by atoms with van der Waals surface area (Å²) in [6.07, 6.45) is -5.04. The Morgan fingerprint density at radius 1 is 1.04 bits per heavy atom. The normalized spacial score (nSPS) is 17.2. The molecular weight excluding hydrogens is 691 g/mol. The maximum absolute atomic E-state index is 14.6. The zero-order valence-electron chi connectivity index (χ0n) is 25.5. The van der Waals surface area contributed by atoms with E-state index in [1.807, 2.05) is 24.3 Å². The molecule has 0 aliphatic carbocycles. The quantitative estimate of drug-likeness (QED) is 0.0630. The van der Waals surface area contributed by atoms with Gasteiger partial charge in [0.05, 0.1) is 18.7 Å². The van der Waals surface area contributed by atoms with Crippen LogP contribution in [-0.2, 0) is 35.2 Å². The van der Waals surface area contributed by atoms with Crippen LogP contribution >= 0.6 is 15.9 Å². The van der Waals surface area contributed by atoms with Gasteiger partial charge in [-0.2, -0.15) is 13.2 Å². The van der Waals surface area contributed by atoms with Crippen molar-refractivity contribution >= 4 is 27.7 Å². The van der Waals surface area contributed by atoms with E-state index in [0.29, 0.717) is 35.5 Å². The van der Waals surface area contributed by atoms with E-state index >= 15 is 0 Å². The molecule has 0 unspecified atom stereocenters. The molecule has 0 spiro atoms. The summed E-state index contributed by atoms with van der Waals surface area (Å²) >= 11 is 3.59. The molecule has 248 valence electrons. The van der Waals surface area contributed by atoms with Gasteiger partial charge in [-0.25, -0.2) is 4.99 Å². The van der Waals surface area contributed by atoms with Crippen LogP contribution in [0.2, 0.25) is 0 Å². The summed E-state index contributed by atoms with van der Waals surface area (Å²) in [7, 11) is 0. The van der Waals surface area contributed by atoms with Gasteiger partial charge in [0.1, 0.15) is 5.75 Å². The highest BCUT2D eigenvalue weighted by atomic mass is 79.9. The summed E-state index contributed by atoms with van der Waals surface area (Å²) in [5.74, 6) is 0.167. The zero-order chi connectivity index (χ0) is 34.1. The van der Waals surface area contributed by atoms with Gasteiger partial charge < -0.3 is 19.9 Å². The van der Waals surface area contributed by atoms with Crippen molar-refractivity contribution < 1.29 is 32.5 Å². The van der Waals surface area contributed by atoms with Crippen molar-refractivity contribution in [1.82, 2.24) is 5.32 Å². The second-order valence-corrected chi connectivity index (χ2v) is 11.9. The standard InChI is InChI=1S/C35H31BrF3N5O4/c36-30-12-4-2-8-25(30)20-34(33(46)41-21-23-7-5-10-27(19-23)35(37,38)39)31(29-11-3-1-9-26(29)22-42-44-40)48-32(43-34)24-13-15-28(16-14-24)47-18-6-17-45/h1-5,7-16,19,31,45H,6,17-18,20-22H2,(H,41,46)/t31-,34-/m1/s1. The largest absolute Gasteiger partial charge is 0.494 e. The number of carbonyl (C=O) groups is 1. The number of hydrogen-bond acceptors (Lipinski definition) is 6. The Bertz CT molecular complexity index is 1830. The number of benzene rings is 4. The van der Waals surface area contributed by atoms with Crippen LogP contribution in [0.15, 0.2) is 112 Å². The summed E-state index contributed by atoms with van der Waals surface area (Å²) < 4.78 is 53.3. The average Bonchev–Trinajstić information content (AvgIpc) is 3.47. The van der Waals surface area contributed by atoms with E-state index in [1.165, 1.54) is 12.1 Å². The maximum Gasteiger partial charge on any atom is 0.416 e. The number of azide groups is 1. The summed E-state index contributed by atoms with van der Waals surface area (Å²) in [5, 5.41) is 15.7. The van der Waals surface area contributed by atoms with Crippen molar-refractivity contribution in [1.29, 1.82) is 0 Å². The first-order valence-corrected chi connectivity index (χ1v) is 15.8. The molecule has 2 N–H and O–H groups in total. The predicted octanol–water partition coefficient (Wildman–Crippen LogP) is 7.86. The first-order chi connectivity index (χ1) is 23.1. The second kappa shape index (κ2) is 15.4. The SMILES string of the molecule is [N-]=[N+]=NCc1ccccc1[C@H]1OC(c2ccc(OCCCO)cc2)=N[C@@]1(Cc1ccccc1Br)C(=O)NCc1cccc(C(F)(F)F)c1. The number of aliphatic hydroxyl groups excluding tert-OH is 1. The summed E-state index contributed by atoms with van der Waals surface area (Å²) in [6.45, 7) is 0.121. The van der Waals surface area contributed by atoms with Crippen molar-refractivity contribution in [3.05, 3.63) is 145 Å². The van der Waals surface area contributed by atoms with E-state index in [0.717, 1.165) is 22.2 Å². The van der Waals surface area contributed by atoms with Gasteiger partial charge in [-0.3, -0.25) is 4.79 Å². The Labute approximate surface area is 283 Å². The van der Waals surface area contributed by atoms with Crippen LogP contribution in [0.3, 0.4) is 0 Å². The van der Waals surface area contributed by atoms with Crippen molar-refractivity contribution in [2.24, 2.45) is 10.1 Å². The van der Waals surface area contributed by atoms with Crippen LogP contribution in [0.5, 0.6) is 5.75 Å². The molecule has 4 aromatic rings. The van der Waals surface area contributed by atoms with Crippen LogP contribution in [0.25, 0.3) is 10.4 Å². The maximum atomic E-state index is 14.6. The highest BCUT2D eigenvalue weighted by Gasteiger charge is 2.54. The van der Waals surface area contributed by atoms with Crippen molar-refractivity contribution in [3.8, 4) is 5.75 Å². The number of aliphatic imine (C=N–C) groups is 1. The predicted molar refractivity (Wildman–Crippen MR) is 177 cm³/mol. The molecule has 4 aromatic carbocycles. The number of carbonyl (C=O) groups excluding carboxylic acids is 1. The van der Waals surface area contributed by atoms with Crippen LogP contribution < -0.4 is 10.1 Å². The van der Waals surface area contributed by atoms with Gasteiger partial charge in [0, 0.05) is 40.9 Å². The van der Waals surface area contributed by atoms with Gasteiger partial charge >= 0.3 is 6.18 Å². The van der Waals surface area contributed by atoms with Gasteiger partial charge in [-0.15, -0.1) is 0 Å². The zero-order valence-corrected chi connectivity index (χ0v) is 27.1. The molecule has 0 saturated heterocycles. The lowest BCUT2D eigenvalue weighted by Gasteiger charge is -2.32. The molecule has 0 bridgehead atoms. The summed E-state index contributed by atoms with van der Waals surface area (Å²) in [5.41, 5.74) is 9.34. The number of amides is 1. The third kappa shape index (κ3) is 7.99. The van der Waals surface area contributed by atoms with Gasteiger partial charge in [-0.1, -0.05) is 75.6 Å². The number of ether oxygens (including phenoxy) is 2. The molecule has 0 aromatic heterocycles. The molecule has 9 nitrogen and oxygen atoms in total. The molecule has 1 heterocycles. The molecule has 1 aliphatic heterocycles. The molecular formula is C35H31BrF3N5O4. The van der Waals surface area contributed by atoms with Crippen LogP contribution in [-0.4, -0.2) is 35.7 Å². The third-order valence-corrected chi connectivity index (χ3v) is 8.57. The Morgan fingerprint density at radius 3 is 2.48 bits per heavy atom. The van der Waals surface area contributed by atoms with Crippen LogP contribution in [0, 0.1) is 0 Å². The molecule has 5 rings (SSSR count). The molecule has 0 radical (unpaired) electrons. The number of nitrogens with zero attached hydrogens (tertiary/aromatic N) is 4. The Kier molecular flexibility index (Phi) is 11.0. The average molecular weight is 723 g/mol. The van der Waals surface area contributed by atoms with Gasteiger partial charge in [-0.05, 0) is 70.2 Å². The number of alkyl halides is 3. The Balaban J connectivity index is 1.60. The molecule has 0 saturated carbocycles. The Morgan fingerprint density at radius 2 is 1.77 bits per heavy atom. The fraction of sp³-hybridized carbons (Fsp3) is 0.257. The van der Waals surface area contributed by atoms with E-state index < -0.39 is 29.3 Å². The Hall–Kier alpha value is -4.84. The second-order valence-electron chi connectivity index (χ2n) is 11.0. The van der Waals surface area contributed by atoms with Gasteiger partial charge in [0.2, 0.25) is 5.90 Å². The van der Waals surface area contributed by atoms with E-state index in [-0.39, 0.29) is 37.6 Å². The fourth-order valence-corrected chi connectivity index (χ4v) is 5.85. The first-order valence-electron chi connectivity index (χ1n) is 15.0. The smallest absolute Gasteiger partial charge is 0.416 e. The molecule has 13 heteroatoms. The lowest BCUT2D eigenvalue weighted by Crippen LogP contribution is -2.50. The molecule has 1 aliphatic rings. The topological polar surface area (TPSA) is 129 Å². The first kappa shape index (κ1) is 34.5. The highest BCUT2D eigenvalue weighted by Crippen LogP contribution is 2.44. The van der Waals surface area contributed by atoms with Gasteiger partial charge in [0.15, 0.2) is 11.6 Å². The van der Waals surface area contributed by atoms with E-state index in [1.54, 1.807) is 48.5 Å². The number of aliphatic hydroxyl groups is 1. The van der Waals surface area contributed by atoms with Crippen LogP contribution in [0.1, 0.15) is 45.9 Å². The number of hydrogen-bond donors (Lipinski definition) is 2. The van der Waals surface area contributed by atoms with Crippen molar-refractivity contribution in [3.63, 3.8) is 0 Å².